The van der Waals surface area contributed by atoms with Crippen molar-refractivity contribution in [1.82, 2.24) is 4.57 Å². The van der Waals surface area contributed by atoms with Gasteiger partial charge in [0.1, 0.15) is 5.88 Å². The fourth-order valence-electron chi connectivity index (χ4n) is 1.81. The summed E-state index contributed by atoms with van der Waals surface area (Å²) in [6.45, 7) is 1.76. The molecule has 0 aliphatic carbocycles. The number of aryl methyl sites for hydroxylation is 1. The van der Waals surface area contributed by atoms with Gasteiger partial charge in [-0.2, -0.15) is 0 Å². The Balaban J connectivity index is 2.34. The van der Waals surface area contributed by atoms with E-state index in [-0.39, 0.29) is 16.7 Å². The van der Waals surface area contributed by atoms with Crippen molar-refractivity contribution in [2.24, 2.45) is 16.5 Å². The normalized spacial score (nSPS) is 11.2. The van der Waals surface area contributed by atoms with Crippen molar-refractivity contribution in [2.75, 3.05) is 0 Å². The first-order valence-corrected chi connectivity index (χ1v) is 7.57. The topological polar surface area (TPSA) is 103 Å². The highest BCUT2D eigenvalue weighted by atomic mass is 32.2. The van der Waals surface area contributed by atoms with E-state index in [0.717, 1.165) is 0 Å². The maximum absolute atomic E-state index is 12.3. The number of guanidine groups is 1. The number of aliphatic imine (C=N–C) groups is 1. The second-order valence-corrected chi connectivity index (χ2v) is 6.39. The van der Waals surface area contributed by atoms with Gasteiger partial charge in [0.2, 0.25) is 0 Å². The number of nitrogens with two attached hydrogens (primary N) is 2. The molecule has 0 aliphatic heterocycles. The quantitative estimate of drug-likeness (QED) is 0.651. The zero-order valence-corrected chi connectivity index (χ0v) is 11.8. The molecule has 106 valence electrons. The van der Waals surface area contributed by atoms with Crippen LogP contribution >= 0.6 is 0 Å². The molecule has 7 heteroatoms. The van der Waals surface area contributed by atoms with Crippen molar-refractivity contribution in [1.29, 1.82) is 0 Å². The Morgan fingerprint density at radius 3 is 2.45 bits per heavy atom. The largest absolute Gasteiger partial charge is 0.370 e. The van der Waals surface area contributed by atoms with Gasteiger partial charge < -0.3 is 16.0 Å². The van der Waals surface area contributed by atoms with E-state index in [1.54, 1.807) is 48.1 Å². The van der Waals surface area contributed by atoms with Crippen LogP contribution in [-0.2, 0) is 15.7 Å². The molecular weight excluding hydrogens is 276 g/mol. The summed E-state index contributed by atoms with van der Waals surface area (Å²) >= 11 is 0. The van der Waals surface area contributed by atoms with Gasteiger partial charge in [0.05, 0.1) is 10.6 Å². The lowest BCUT2D eigenvalue weighted by Gasteiger charge is -2.08. The summed E-state index contributed by atoms with van der Waals surface area (Å²) in [6, 6.07) is 8.23. The molecule has 2 rings (SSSR count). The second kappa shape index (κ2) is 5.38. The van der Waals surface area contributed by atoms with Crippen LogP contribution in [0, 0.1) is 6.92 Å². The lowest BCUT2D eigenvalue weighted by molar-refractivity contribution is 0.584. The van der Waals surface area contributed by atoms with Gasteiger partial charge in [-0.1, -0.05) is 0 Å². The predicted octanol–water partition coefficient (Wildman–Crippen LogP) is 1.13. The molecule has 0 amide bonds. The first kappa shape index (κ1) is 14.1. The van der Waals surface area contributed by atoms with Crippen LogP contribution in [0.25, 0.3) is 0 Å². The maximum Gasteiger partial charge on any atom is 0.196 e. The highest BCUT2D eigenvalue weighted by Gasteiger charge is 2.15. The fraction of sp³-hybridized carbons (Fsp3) is 0.154. The van der Waals surface area contributed by atoms with E-state index in [4.69, 9.17) is 11.5 Å². The molecule has 0 unspecified atom stereocenters. The molecule has 6 nitrogen and oxygen atoms in total. The number of benzene rings is 1. The summed E-state index contributed by atoms with van der Waals surface area (Å²) in [4.78, 5) is 4.18. The molecule has 0 aliphatic rings. The van der Waals surface area contributed by atoms with Gasteiger partial charge in [-0.3, -0.25) is 0 Å². The molecule has 20 heavy (non-hydrogen) atoms. The Hall–Kier alpha value is -2.28. The van der Waals surface area contributed by atoms with Crippen molar-refractivity contribution in [3.63, 3.8) is 0 Å². The second-order valence-electron chi connectivity index (χ2n) is 4.43. The van der Waals surface area contributed by atoms with Crippen LogP contribution in [-0.4, -0.2) is 18.9 Å². The zero-order chi connectivity index (χ0) is 14.8. The van der Waals surface area contributed by atoms with E-state index >= 15 is 0 Å². The Morgan fingerprint density at radius 2 is 1.90 bits per heavy atom. The van der Waals surface area contributed by atoms with Crippen LogP contribution in [0.4, 0.5) is 5.69 Å². The van der Waals surface area contributed by atoms with E-state index in [1.165, 1.54) is 6.07 Å². The van der Waals surface area contributed by atoms with E-state index in [2.05, 4.69) is 4.99 Å². The molecular formula is C13H16N4O2S. The smallest absolute Gasteiger partial charge is 0.196 e. The first-order chi connectivity index (χ1) is 9.38. The lowest BCUT2D eigenvalue weighted by Crippen LogP contribution is -2.22. The van der Waals surface area contributed by atoms with Gasteiger partial charge in [0.25, 0.3) is 0 Å². The molecule has 0 saturated heterocycles. The van der Waals surface area contributed by atoms with E-state index in [1.807, 2.05) is 0 Å². The number of hydrogen-bond donors (Lipinski definition) is 2. The van der Waals surface area contributed by atoms with Crippen LogP contribution in [0.2, 0.25) is 0 Å². The standard InChI is InChI=1S/C13H16N4O2S/c1-10-8-11(4-5-12(10)16-13(14)15)20(18,19)9-17-6-2-3-7-17/h2-8H,9H2,1H3,(H4,14,15,16). The van der Waals surface area contributed by atoms with Crippen molar-refractivity contribution >= 4 is 21.5 Å². The van der Waals surface area contributed by atoms with Crippen molar-refractivity contribution in [3.8, 4) is 0 Å². The molecule has 1 aromatic heterocycles. The zero-order valence-electron chi connectivity index (χ0n) is 11.0. The number of aromatic nitrogens is 1. The summed E-state index contributed by atoms with van der Waals surface area (Å²) in [5.41, 5.74) is 11.9. The van der Waals surface area contributed by atoms with Crippen LogP contribution in [0.3, 0.4) is 0 Å². The van der Waals surface area contributed by atoms with Crippen LogP contribution in [0.15, 0.2) is 52.6 Å². The summed E-state index contributed by atoms with van der Waals surface area (Å²) < 4.78 is 26.2. The van der Waals surface area contributed by atoms with Gasteiger partial charge in [-0.05, 0) is 42.8 Å². The first-order valence-electron chi connectivity index (χ1n) is 5.92. The predicted molar refractivity (Wildman–Crippen MR) is 78.3 cm³/mol. The molecule has 1 aromatic carbocycles. The van der Waals surface area contributed by atoms with E-state index < -0.39 is 9.84 Å². The minimum atomic E-state index is -3.40. The van der Waals surface area contributed by atoms with Crippen molar-refractivity contribution in [3.05, 3.63) is 48.3 Å². The highest BCUT2D eigenvalue weighted by Crippen LogP contribution is 2.23. The monoisotopic (exact) mass is 292 g/mol. The maximum atomic E-state index is 12.3. The van der Waals surface area contributed by atoms with Gasteiger partial charge in [0, 0.05) is 12.4 Å². The van der Waals surface area contributed by atoms with Crippen LogP contribution in [0.5, 0.6) is 0 Å². The fourth-order valence-corrected chi connectivity index (χ4v) is 3.16. The third-order valence-corrected chi connectivity index (χ3v) is 4.37. The average molecular weight is 292 g/mol. The van der Waals surface area contributed by atoms with Crippen molar-refractivity contribution in [2.45, 2.75) is 17.7 Å². The Labute approximate surface area is 117 Å². The van der Waals surface area contributed by atoms with Crippen LogP contribution in [0.1, 0.15) is 5.56 Å². The minimum Gasteiger partial charge on any atom is -0.370 e. The van der Waals surface area contributed by atoms with E-state index in [0.29, 0.717) is 11.3 Å². The van der Waals surface area contributed by atoms with E-state index in [9.17, 15) is 8.42 Å². The molecule has 2 aromatic rings. The minimum absolute atomic E-state index is 0.0592. The van der Waals surface area contributed by atoms with Gasteiger partial charge in [-0.15, -0.1) is 0 Å². The highest BCUT2D eigenvalue weighted by molar-refractivity contribution is 7.90. The van der Waals surface area contributed by atoms with Gasteiger partial charge in [0.15, 0.2) is 15.8 Å². The summed E-state index contributed by atoms with van der Waals surface area (Å²) in [5, 5.41) is 0. The molecule has 0 bridgehead atoms. The van der Waals surface area contributed by atoms with Crippen LogP contribution < -0.4 is 11.5 Å². The third kappa shape index (κ3) is 3.18. The molecule has 0 spiro atoms. The summed E-state index contributed by atoms with van der Waals surface area (Å²) in [5.74, 6) is -0.155. The Morgan fingerprint density at radius 1 is 1.25 bits per heavy atom. The summed E-state index contributed by atoms with van der Waals surface area (Å²) in [6.07, 6.45) is 3.41. The van der Waals surface area contributed by atoms with Gasteiger partial charge in [-0.25, -0.2) is 13.4 Å². The molecule has 1 heterocycles. The van der Waals surface area contributed by atoms with Crippen molar-refractivity contribution < 1.29 is 8.42 Å². The van der Waals surface area contributed by atoms with Gasteiger partial charge >= 0.3 is 0 Å². The SMILES string of the molecule is Cc1cc(S(=O)(=O)Cn2cccc2)ccc1N=C(N)N. The average Bonchev–Trinajstić information content (AvgIpc) is 2.83. The molecule has 0 radical (unpaired) electrons. The number of sulfone groups is 1. The Kier molecular flexibility index (Phi) is 3.80. The molecule has 0 fully saturated rings. The molecule has 0 atom stereocenters. The third-order valence-electron chi connectivity index (χ3n) is 2.76. The number of hydrogen-bond acceptors (Lipinski definition) is 3. The Bertz CT molecular complexity index is 730. The molecule has 4 N–H and O–H groups in total. The molecule has 0 saturated carbocycles. The lowest BCUT2D eigenvalue weighted by atomic mass is 10.2. The number of rotatable bonds is 4. The summed E-state index contributed by atoms with van der Waals surface area (Å²) in [7, 11) is -3.40. The number of nitrogens with zero attached hydrogens (tertiary/aromatic N) is 2.